The first-order valence-corrected chi connectivity index (χ1v) is 16.9. The van der Waals surface area contributed by atoms with Crippen LogP contribution in [-0.2, 0) is 32.6 Å². The third-order valence-electron chi connectivity index (χ3n) is 8.42. The summed E-state index contributed by atoms with van der Waals surface area (Å²) in [6.07, 6.45) is 0. The van der Waals surface area contributed by atoms with E-state index in [1.165, 1.54) is 56.7 Å². The zero-order valence-electron chi connectivity index (χ0n) is 30.0. The van der Waals surface area contributed by atoms with Crippen LogP contribution in [0, 0.1) is 20.2 Å². The summed E-state index contributed by atoms with van der Waals surface area (Å²) < 4.78 is 17.2. The van der Waals surface area contributed by atoms with E-state index in [2.05, 4.69) is 10.8 Å². The van der Waals surface area contributed by atoms with E-state index in [-0.39, 0.29) is 60.4 Å². The molecule has 0 unspecified atom stereocenters. The number of nitro benzene ring substituents is 2. The summed E-state index contributed by atoms with van der Waals surface area (Å²) in [4.78, 5) is 62.9. The molecule has 286 valence electrons. The molecule has 2 N–H and O–H groups in total. The first-order valence-electron chi connectivity index (χ1n) is 16.9. The molecular formula is C40H34N4O12. The maximum absolute atomic E-state index is 13.6. The molecule has 0 aliphatic carbocycles. The molecule has 0 aliphatic heterocycles. The summed E-state index contributed by atoms with van der Waals surface area (Å²) in [5, 5.41) is 28.2. The zero-order valence-corrected chi connectivity index (χ0v) is 30.0. The summed E-state index contributed by atoms with van der Waals surface area (Å²) in [6, 6.07) is 29.0. The number of hydrogen-bond donors (Lipinski definition) is 2. The number of anilines is 2. The Labute approximate surface area is 318 Å². The number of esters is 1. The monoisotopic (exact) mass is 762 g/mol. The molecule has 0 heterocycles. The molecule has 0 atom stereocenters. The molecule has 0 spiro atoms. The van der Waals surface area contributed by atoms with Crippen molar-refractivity contribution in [3.63, 3.8) is 0 Å². The van der Waals surface area contributed by atoms with Crippen molar-refractivity contribution < 1.29 is 48.3 Å². The van der Waals surface area contributed by atoms with Crippen LogP contribution in [0.4, 0.5) is 22.7 Å². The average Bonchev–Trinajstić information content (AvgIpc) is 3.20. The molecule has 0 radical (unpaired) electrons. The van der Waals surface area contributed by atoms with Gasteiger partial charge >= 0.3 is 5.97 Å². The second kappa shape index (κ2) is 17.8. The highest BCUT2D eigenvalue weighted by atomic mass is 17.2. The van der Waals surface area contributed by atoms with Gasteiger partial charge in [-0.1, -0.05) is 30.3 Å². The number of nitrogens with zero attached hydrogens (tertiary/aromatic N) is 2. The number of benzene rings is 6. The number of carbonyl (C=O) groups is 2. The molecule has 0 saturated heterocycles. The van der Waals surface area contributed by atoms with Crippen molar-refractivity contribution in [1.82, 2.24) is 0 Å². The summed E-state index contributed by atoms with van der Waals surface area (Å²) in [6.45, 7) is 0.255. The molecule has 56 heavy (non-hydrogen) atoms. The standard InChI is InChI=1S/C40H34N4O12/c1-51-40(46)28-12-11-27-20-38(36(18-30(27)16-28)39(45)41-32-5-3-7-34(21-32)43(47)48)54-14-13-53-37-19-26-10-9-25(23-56-52-2)15-29(26)17-31(37)24-55-42-33-6-4-8-35(22-33)44(49)50/h3-12,15-22,42H,13-14,23-24H2,1-2H3,(H,41,45). The van der Waals surface area contributed by atoms with Gasteiger partial charge in [-0.05, 0) is 81.7 Å². The molecule has 0 fully saturated rings. The minimum absolute atomic E-state index is 0.00776. The molecule has 6 rings (SSSR count). The predicted molar refractivity (Wildman–Crippen MR) is 205 cm³/mol. The number of nitro groups is 2. The Morgan fingerprint density at radius 1 is 0.661 bits per heavy atom. The van der Waals surface area contributed by atoms with Gasteiger partial charge in [-0.15, -0.1) is 0 Å². The summed E-state index contributed by atoms with van der Waals surface area (Å²) in [5.41, 5.74) is 4.93. The van der Waals surface area contributed by atoms with Crippen LogP contribution in [0.3, 0.4) is 0 Å². The van der Waals surface area contributed by atoms with Gasteiger partial charge in [0.15, 0.2) is 0 Å². The van der Waals surface area contributed by atoms with E-state index in [1.807, 2.05) is 30.3 Å². The van der Waals surface area contributed by atoms with Crippen LogP contribution in [0.1, 0.15) is 31.8 Å². The van der Waals surface area contributed by atoms with Crippen LogP contribution in [-0.4, -0.2) is 49.2 Å². The molecule has 0 aromatic heterocycles. The van der Waals surface area contributed by atoms with Gasteiger partial charge in [-0.25, -0.2) is 14.6 Å². The number of fused-ring (bicyclic) bond motifs is 2. The van der Waals surface area contributed by atoms with Gasteiger partial charge in [-0.2, -0.15) is 0 Å². The lowest BCUT2D eigenvalue weighted by Crippen LogP contribution is -2.16. The minimum atomic E-state index is -0.604. The lowest BCUT2D eigenvalue weighted by Gasteiger charge is -2.16. The van der Waals surface area contributed by atoms with Crippen LogP contribution in [0.15, 0.2) is 109 Å². The lowest BCUT2D eigenvalue weighted by molar-refractivity contribution is -0.385. The van der Waals surface area contributed by atoms with Gasteiger partial charge in [0, 0.05) is 35.5 Å². The molecule has 1 amide bonds. The molecule has 0 saturated carbocycles. The highest BCUT2D eigenvalue weighted by Gasteiger charge is 2.18. The molecule has 6 aromatic rings. The van der Waals surface area contributed by atoms with E-state index in [4.69, 9.17) is 28.8 Å². The maximum Gasteiger partial charge on any atom is 0.337 e. The van der Waals surface area contributed by atoms with Crippen LogP contribution < -0.4 is 20.3 Å². The SMILES string of the molecule is COOCc1ccc2cc(OCCOc3cc4ccc(C(=O)OC)cc4cc3C(=O)Nc3cccc([N+](=O)[O-])c3)c(CONc3cccc([N+](=O)[O-])c3)cc2c1. The van der Waals surface area contributed by atoms with E-state index in [0.29, 0.717) is 27.8 Å². The van der Waals surface area contributed by atoms with E-state index in [1.54, 1.807) is 36.4 Å². The van der Waals surface area contributed by atoms with Gasteiger partial charge in [0.05, 0.1) is 40.9 Å². The van der Waals surface area contributed by atoms with E-state index in [9.17, 15) is 29.8 Å². The first kappa shape index (κ1) is 38.6. The normalized spacial score (nSPS) is 10.9. The fourth-order valence-corrected chi connectivity index (χ4v) is 5.73. The zero-order chi connectivity index (χ0) is 39.6. The van der Waals surface area contributed by atoms with Crippen LogP contribution >= 0.6 is 0 Å². The second-order valence-electron chi connectivity index (χ2n) is 12.1. The van der Waals surface area contributed by atoms with Crippen molar-refractivity contribution in [1.29, 1.82) is 0 Å². The number of ether oxygens (including phenoxy) is 3. The second-order valence-corrected chi connectivity index (χ2v) is 12.1. The van der Waals surface area contributed by atoms with Crippen molar-refractivity contribution in [2.45, 2.75) is 13.2 Å². The molecule has 6 aromatic carbocycles. The Morgan fingerprint density at radius 3 is 2.00 bits per heavy atom. The molecular weight excluding hydrogens is 728 g/mol. The van der Waals surface area contributed by atoms with E-state index in [0.717, 1.165) is 16.3 Å². The Bertz CT molecular complexity index is 2440. The molecule has 16 nitrogen and oxygen atoms in total. The Kier molecular flexibility index (Phi) is 12.3. The van der Waals surface area contributed by atoms with Crippen molar-refractivity contribution in [3.8, 4) is 11.5 Å². The van der Waals surface area contributed by atoms with Gasteiger partial charge in [0.1, 0.15) is 37.9 Å². The summed E-state index contributed by atoms with van der Waals surface area (Å²) in [7, 11) is 2.70. The lowest BCUT2D eigenvalue weighted by atomic mass is 10.0. The smallest absolute Gasteiger partial charge is 0.337 e. The van der Waals surface area contributed by atoms with Gasteiger partial charge in [0.2, 0.25) is 0 Å². The van der Waals surface area contributed by atoms with Crippen molar-refractivity contribution in [2.24, 2.45) is 0 Å². The molecule has 0 aliphatic rings. The van der Waals surface area contributed by atoms with Gasteiger partial charge < -0.3 is 19.5 Å². The van der Waals surface area contributed by atoms with Crippen LogP contribution in [0.2, 0.25) is 0 Å². The van der Waals surface area contributed by atoms with Crippen molar-refractivity contribution in [2.75, 3.05) is 38.2 Å². The molecule has 0 bridgehead atoms. The summed E-state index contributed by atoms with van der Waals surface area (Å²) >= 11 is 0. The number of nitrogens with one attached hydrogen (secondary N) is 2. The van der Waals surface area contributed by atoms with E-state index < -0.39 is 21.7 Å². The van der Waals surface area contributed by atoms with Crippen molar-refractivity contribution in [3.05, 3.63) is 152 Å². The van der Waals surface area contributed by atoms with Crippen LogP contribution in [0.5, 0.6) is 11.5 Å². The fraction of sp³-hybridized carbons (Fsp3) is 0.150. The quantitative estimate of drug-likeness (QED) is 0.0299. The third kappa shape index (κ3) is 9.50. The number of non-ortho nitro benzene ring substituents is 2. The van der Waals surface area contributed by atoms with Crippen molar-refractivity contribution >= 4 is 56.2 Å². The minimum Gasteiger partial charge on any atom is -0.490 e. The highest BCUT2D eigenvalue weighted by Crippen LogP contribution is 2.31. The number of amides is 1. The number of rotatable bonds is 17. The van der Waals surface area contributed by atoms with E-state index >= 15 is 0 Å². The third-order valence-corrected chi connectivity index (χ3v) is 8.42. The largest absolute Gasteiger partial charge is 0.490 e. The van der Waals surface area contributed by atoms with Gasteiger partial charge in [-0.3, -0.25) is 35.3 Å². The summed E-state index contributed by atoms with van der Waals surface area (Å²) in [5.74, 6) is -0.484. The Balaban J connectivity index is 1.23. The van der Waals surface area contributed by atoms with Gasteiger partial charge in [0.25, 0.3) is 17.3 Å². The Morgan fingerprint density at radius 2 is 1.30 bits per heavy atom. The topological polar surface area (TPSA) is 200 Å². The number of carbonyl (C=O) groups excluding carboxylic acids is 2. The highest BCUT2D eigenvalue weighted by molar-refractivity contribution is 6.09. The average molecular weight is 763 g/mol. The Hall–Kier alpha value is -7.14. The molecule has 16 heteroatoms. The number of methoxy groups -OCH3 is 1. The number of hydrogen-bond acceptors (Lipinski definition) is 13. The first-order chi connectivity index (χ1) is 27.1. The van der Waals surface area contributed by atoms with Crippen LogP contribution in [0.25, 0.3) is 21.5 Å². The fourth-order valence-electron chi connectivity index (χ4n) is 5.73. The predicted octanol–water partition coefficient (Wildman–Crippen LogP) is 7.93. The maximum atomic E-state index is 13.6.